The second-order valence-electron chi connectivity index (χ2n) is 29.7. The summed E-state index contributed by atoms with van der Waals surface area (Å²) in [6, 6.07) is 55.5. The first kappa shape index (κ1) is 103. The van der Waals surface area contributed by atoms with Crippen LogP contribution in [0.5, 0.6) is 0 Å². The van der Waals surface area contributed by atoms with E-state index in [1.807, 2.05) is 60.0 Å². The molecule has 2 fully saturated rings. The number of fused-ring (bicyclic) bond motifs is 7. The Labute approximate surface area is 806 Å². The first-order chi connectivity index (χ1) is 59.9. The number of likely N-dealkylation sites (tertiary alicyclic amines) is 1. The number of aliphatic hydroxyl groups is 1. The number of hydrogen-bond donors (Lipinski definition) is 5. The zero-order chi connectivity index (χ0) is 90.5. The van der Waals surface area contributed by atoms with Gasteiger partial charge in [0.25, 0.3) is 3.25 Å². The van der Waals surface area contributed by atoms with Gasteiger partial charge in [0, 0.05) is 138 Å². The minimum atomic E-state index is -4.25. The fourth-order valence-electron chi connectivity index (χ4n) is 14.5. The van der Waals surface area contributed by atoms with Gasteiger partial charge >= 0.3 is 41.9 Å². The van der Waals surface area contributed by atoms with Crippen molar-refractivity contribution in [3.8, 4) is 30.3 Å². The quantitative estimate of drug-likeness (QED) is 0.0286. The predicted molar refractivity (Wildman–Crippen MR) is 509 cm³/mol. The first-order valence-electron chi connectivity index (χ1n) is 40.6. The molecule has 0 aliphatic carbocycles. The number of alkyl halides is 13. The molecule has 0 atom stereocenters. The maximum absolute atomic E-state index is 12.8. The molecule has 35 heteroatoms. The van der Waals surface area contributed by atoms with Crippen LogP contribution in [0.2, 0.25) is 0 Å². The molecule has 5 aromatic carbocycles. The average molecular weight is 2040 g/mol. The van der Waals surface area contributed by atoms with Crippen LogP contribution in [0.15, 0.2) is 146 Å². The van der Waals surface area contributed by atoms with Crippen molar-refractivity contribution in [3.05, 3.63) is 212 Å². The number of hydrogen-bond acceptors (Lipinski definition) is 16. The van der Waals surface area contributed by atoms with Gasteiger partial charge in [0.05, 0.1) is 30.2 Å². The van der Waals surface area contributed by atoms with Crippen molar-refractivity contribution in [2.24, 2.45) is 0 Å². The number of rotatable bonds is 19. The molecule has 0 amide bonds. The van der Waals surface area contributed by atoms with E-state index in [1.165, 1.54) is 52.2 Å². The minimum Gasteiger partial charge on any atom is -1.00 e. The third kappa shape index (κ3) is 30.6. The Morgan fingerprint density at radius 1 is 0.492 bits per heavy atom. The van der Waals surface area contributed by atoms with Crippen molar-refractivity contribution >= 4 is 203 Å². The summed E-state index contributed by atoms with van der Waals surface area (Å²) >= 11 is 31.6. The van der Waals surface area contributed by atoms with Crippen molar-refractivity contribution in [1.82, 2.24) is 53.4 Å². The van der Waals surface area contributed by atoms with E-state index in [2.05, 4.69) is 245 Å². The smallest absolute Gasteiger partial charge is 1.00 e. The number of piperidine rings is 2. The van der Waals surface area contributed by atoms with Crippen molar-refractivity contribution in [2.75, 3.05) is 48.7 Å². The number of aromatic amines is 1. The summed E-state index contributed by atoms with van der Waals surface area (Å²) in [5.74, 6) is 1.23. The van der Waals surface area contributed by atoms with Gasteiger partial charge in [-0.05, 0) is 198 Å². The molecule has 19 nitrogen and oxygen atoms in total. The number of nitriles is 5. The summed E-state index contributed by atoms with van der Waals surface area (Å²) in [7, 11) is 0. The second kappa shape index (κ2) is 50.2. The number of H-pyrrole nitrogens is 1. The molecule has 16 rings (SSSR count). The van der Waals surface area contributed by atoms with Crippen LogP contribution in [0, 0.1) is 70.5 Å². The van der Waals surface area contributed by atoms with E-state index in [0.29, 0.717) is 56.0 Å². The van der Waals surface area contributed by atoms with E-state index in [1.54, 1.807) is 12.1 Å². The number of aryl methyl sites for hydroxylation is 5. The number of nitrogens with one attached hydrogen (secondary N) is 4. The van der Waals surface area contributed by atoms with Gasteiger partial charge in [0.2, 0.25) is 0 Å². The van der Waals surface area contributed by atoms with E-state index < -0.39 is 28.4 Å². The van der Waals surface area contributed by atoms with Crippen LogP contribution in [-0.4, -0.2) is 119 Å². The van der Waals surface area contributed by atoms with Crippen molar-refractivity contribution in [1.29, 1.82) is 26.3 Å². The van der Waals surface area contributed by atoms with E-state index in [9.17, 15) is 36.7 Å². The SMILES string of the molecule is CCCBr.CCCn1c(C#N)cc2cc(C)ccc21.CCCn1c(C#N)cc2cc(CBr)ccc21.CCCn1c(C#N)cc2cc(CBr)ccc21.Cc1ccc2[nH]c(C#N)cc2c1.ClC(Cl)(Cl)Cl.FC(F)(F)Cc1cc2c(NC3CCNCC3)ncnc2s1.N#Cc1cc2cc(CN3CCC(Nc4ncnc5sc(CC(F)(F)F)cc45)CC3)ccc2n1CCO.[H-].[Na+]. The third-order valence-corrected chi connectivity index (χ3v) is 24.2. The monoisotopic (exact) mass is 2030 g/mol. The molecular weight excluding hydrogens is 1940 g/mol. The molecule has 0 unspecified atom stereocenters. The number of aromatic nitrogens is 9. The third-order valence-electron chi connectivity index (χ3n) is 20.0. The molecule has 2 saturated heterocycles. The summed E-state index contributed by atoms with van der Waals surface area (Å²) in [4.78, 5) is 23.8. The molecule has 126 heavy (non-hydrogen) atoms. The standard InChI is InChI=1S/C25H25F3N6OS.2C13H13BrN2.C13H15F3N4S.C13H14N2.C10H8N2.C3H7Br.CCl4.Na.H/c26-25(27,28)12-20-11-21-23(30-15-31-24(21)36-20)32-18-3-5-33(6-4-18)14-16-1-2-22-17(9-16)10-19(13-29)34(22)7-8-35;2*1-2-5-16-12(9-15)7-11-6-10(8-14)3-4-13(11)16;14-13(15,16)6-9-5-10-11(18-7-19-12(10)21-9)20-8-1-3-17-4-2-8;1-3-6-15-12(9-14)8-11-7-10(2)4-5-13(11)15;1-7-2-3-10-8(4-7)5-9(6-11)12-10;1-2-3-4;2-1(3,4)5;;/h1-2,9-11,15,18,35H,3-8,12,14H2,(H,30,31,32);2*3-4,6-7H,2,5,8H2,1H3;5,7-8,17H,1-4,6H2,(H,18,19,20);4-5,7-8H,3,6H2,1-2H3;2-5,12H,1H3;2-3H2,1H3;;;/q;;;;;;;;+1;-1. The van der Waals surface area contributed by atoms with Crippen molar-refractivity contribution in [3.63, 3.8) is 0 Å². The molecule has 0 bridgehead atoms. The average Bonchev–Trinajstić information content (AvgIpc) is 1.65. The van der Waals surface area contributed by atoms with Crippen LogP contribution >= 0.6 is 117 Å². The van der Waals surface area contributed by atoms with E-state index in [-0.39, 0.29) is 53.4 Å². The number of halogens is 13. The Bertz CT molecular complexity index is 6030. The number of nitrogens with zero attached hydrogens (tertiary/aromatic N) is 14. The number of anilines is 2. The maximum atomic E-state index is 12.8. The minimum absolute atomic E-state index is 0. The van der Waals surface area contributed by atoms with Crippen LogP contribution in [0.3, 0.4) is 0 Å². The van der Waals surface area contributed by atoms with Gasteiger partial charge in [-0.25, -0.2) is 19.9 Å². The number of aliphatic hydroxyl groups excluding tert-OH is 1. The Morgan fingerprint density at radius 2 is 0.865 bits per heavy atom. The molecule has 660 valence electrons. The molecular formula is C91H96Br3Cl4F6N18NaOS2. The Balaban J connectivity index is 0.000000212. The molecule has 2 aliphatic rings. The largest absolute Gasteiger partial charge is 1.00 e. The first-order valence-corrected chi connectivity index (χ1v) is 47.1. The van der Waals surface area contributed by atoms with Gasteiger partial charge in [-0.1, -0.05) is 163 Å². The summed E-state index contributed by atoms with van der Waals surface area (Å²) in [5.41, 5.74) is 15.0. The summed E-state index contributed by atoms with van der Waals surface area (Å²) in [6.07, 6.45) is 0.576. The zero-order valence-corrected chi connectivity index (χ0v) is 82.1. The zero-order valence-electron chi connectivity index (χ0n) is 71.7. The number of thiophene rings is 2. The van der Waals surface area contributed by atoms with Crippen LogP contribution in [0.25, 0.3) is 74.9 Å². The van der Waals surface area contributed by atoms with Gasteiger partial charge < -0.3 is 45.7 Å². The maximum Gasteiger partial charge on any atom is 1.00 e. The summed E-state index contributed by atoms with van der Waals surface area (Å²) < 4.78 is 82.4. The fraction of sp³-hybridized carbons (Fsp3) is 0.374. The normalized spacial score (nSPS) is 12.9. The van der Waals surface area contributed by atoms with Crippen LogP contribution in [0.1, 0.15) is 147 Å². The Morgan fingerprint density at radius 3 is 1.25 bits per heavy atom. The van der Waals surface area contributed by atoms with E-state index >= 15 is 0 Å². The molecule has 5 N–H and O–H groups in total. The molecule has 11 heterocycles. The summed E-state index contributed by atoms with van der Waals surface area (Å²) in [5, 5.41) is 74.3. The van der Waals surface area contributed by atoms with Gasteiger partial charge in [-0.3, -0.25) is 4.90 Å². The van der Waals surface area contributed by atoms with Crippen molar-refractivity contribution in [2.45, 2.75) is 177 Å². The molecule has 0 saturated carbocycles. The van der Waals surface area contributed by atoms with Gasteiger partial charge in [-0.2, -0.15) is 52.7 Å². The number of benzene rings is 5. The predicted octanol–water partition coefficient (Wildman–Crippen LogP) is 22.3. The summed E-state index contributed by atoms with van der Waals surface area (Å²) in [6.45, 7) is 20.1. The molecule has 0 radical (unpaired) electrons. The van der Waals surface area contributed by atoms with Crippen LogP contribution < -0.4 is 45.5 Å². The van der Waals surface area contributed by atoms with Crippen LogP contribution in [0.4, 0.5) is 38.0 Å². The topological polar surface area (TPSA) is 266 Å². The Kier molecular flexibility index (Phi) is 41.2. The van der Waals surface area contributed by atoms with Gasteiger partial charge in [-0.15, -0.1) is 22.7 Å². The molecule has 0 spiro atoms. The molecule has 2 aliphatic heterocycles. The fourth-order valence-corrected chi connectivity index (χ4v) is 17.2. The van der Waals surface area contributed by atoms with Crippen molar-refractivity contribution < 1.29 is 62.4 Å². The van der Waals surface area contributed by atoms with E-state index in [4.69, 9.17) is 67.5 Å². The van der Waals surface area contributed by atoms with Gasteiger partial charge in [0.15, 0.2) is 0 Å². The van der Waals surface area contributed by atoms with E-state index in [0.717, 1.165) is 202 Å². The molecule has 14 aromatic rings. The van der Waals surface area contributed by atoms with Gasteiger partial charge in [0.1, 0.15) is 92.8 Å². The van der Waals surface area contributed by atoms with Crippen LogP contribution in [-0.2, 0) is 56.2 Å². The molecule has 9 aromatic heterocycles. The second-order valence-corrected chi connectivity index (χ2v) is 37.2. The Hall–Kier alpha value is -8.01.